The average molecular weight is 269 g/mol. The lowest BCUT2D eigenvalue weighted by molar-refractivity contribution is 0.566. The predicted octanol–water partition coefficient (Wildman–Crippen LogP) is -1.30. The van der Waals surface area contributed by atoms with E-state index >= 15 is 0 Å². The fourth-order valence-corrected chi connectivity index (χ4v) is 2.37. The van der Waals surface area contributed by atoms with E-state index in [0.717, 1.165) is 0 Å². The van der Waals surface area contributed by atoms with E-state index in [1.54, 1.807) is 0 Å². The summed E-state index contributed by atoms with van der Waals surface area (Å²) in [5, 5.41) is 9.43. The number of sulfonamides is 2. The minimum atomic E-state index is -4.38. The third-order valence-electron chi connectivity index (χ3n) is 1.68. The zero-order valence-electron chi connectivity index (χ0n) is 7.71. The van der Waals surface area contributed by atoms with Crippen molar-refractivity contribution in [1.29, 1.82) is 0 Å². The summed E-state index contributed by atoms with van der Waals surface area (Å²) in [7, 11) is -8.63. The molecule has 0 saturated heterocycles. The van der Waals surface area contributed by atoms with Crippen LogP contribution in [0.4, 0.5) is 10.1 Å². The lowest BCUT2D eigenvalue weighted by Gasteiger charge is -2.06. The summed E-state index contributed by atoms with van der Waals surface area (Å²) in [5.41, 5.74) is 4.69. The van der Waals surface area contributed by atoms with Crippen LogP contribution in [0.25, 0.3) is 0 Å². The van der Waals surface area contributed by atoms with Crippen LogP contribution in [0.5, 0.6) is 0 Å². The molecule has 0 aliphatic heterocycles. The summed E-state index contributed by atoms with van der Waals surface area (Å²) in [6.45, 7) is 0. The first-order chi connectivity index (χ1) is 7.03. The van der Waals surface area contributed by atoms with Crippen molar-refractivity contribution in [2.24, 2.45) is 10.3 Å². The zero-order valence-corrected chi connectivity index (χ0v) is 9.35. The molecule has 0 aliphatic carbocycles. The quantitative estimate of drug-likeness (QED) is 0.571. The van der Waals surface area contributed by atoms with E-state index in [4.69, 9.17) is 10.9 Å². The van der Waals surface area contributed by atoms with Crippen LogP contribution in [0, 0.1) is 5.82 Å². The summed E-state index contributed by atoms with van der Waals surface area (Å²) < 4.78 is 56.9. The number of hydrogen-bond donors (Lipinski definition) is 3. The maximum Gasteiger partial charge on any atom is 0.241 e. The van der Waals surface area contributed by atoms with Crippen LogP contribution in [0.2, 0.25) is 0 Å². The van der Waals surface area contributed by atoms with Gasteiger partial charge >= 0.3 is 0 Å². The molecule has 16 heavy (non-hydrogen) atoms. The first-order valence-electron chi connectivity index (χ1n) is 3.68. The van der Waals surface area contributed by atoms with Crippen molar-refractivity contribution in [3.63, 3.8) is 0 Å². The van der Waals surface area contributed by atoms with Crippen molar-refractivity contribution in [1.82, 2.24) is 0 Å². The number of nitrogens with two attached hydrogens (primary N) is 3. The Bertz CT molecular complexity index is 585. The molecule has 1 rings (SSSR count). The van der Waals surface area contributed by atoms with Crippen LogP contribution in [-0.4, -0.2) is 16.8 Å². The summed E-state index contributed by atoms with van der Waals surface area (Å²) in [5.74, 6) is -1.24. The maximum absolute atomic E-state index is 13.1. The fraction of sp³-hybridized carbons (Fsp3) is 0. The second-order valence-electron chi connectivity index (χ2n) is 2.91. The Hall–Kier alpha value is -1.23. The van der Waals surface area contributed by atoms with Gasteiger partial charge in [-0.15, -0.1) is 0 Å². The number of hydrogen-bond acceptors (Lipinski definition) is 5. The lowest BCUT2D eigenvalue weighted by Crippen LogP contribution is -2.19. The van der Waals surface area contributed by atoms with Crippen LogP contribution in [-0.2, 0) is 20.0 Å². The summed E-state index contributed by atoms with van der Waals surface area (Å²) in [6.07, 6.45) is 0. The van der Waals surface area contributed by atoms with Gasteiger partial charge in [0.1, 0.15) is 15.6 Å². The van der Waals surface area contributed by atoms with Gasteiger partial charge in [0, 0.05) is 0 Å². The Morgan fingerprint density at radius 2 is 1.38 bits per heavy atom. The second-order valence-corrected chi connectivity index (χ2v) is 5.97. The topological polar surface area (TPSA) is 146 Å². The summed E-state index contributed by atoms with van der Waals surface area (Å²) in [4.78, 5) is -1.68. The first kappa shape index (κ1) is 12.8. The normalized spacial score (nSPS) is 12.7. The molecule has 0 unspecified atom stereocenters. The maximum atomic E-state index is 13.1. The minimum absolute atomic E-state index is 0.481. The Morgan fingerprint density at radius 1 is 0.938 bits per heavy atom. The Kier molecular flexibility index (Phi) is 2.94. The molecule has 0 aliphatic rings. The summed E-state index contributed by atoms with van der Waals surface area (Å²) >= 11 is 0. The van der Waals surface area contributed by atoms with Crippen LogP contribution in [0.3, 0.4) is 0 Å². The van der Waals surface area contributed by atoms with Gasteiger partial charge in [-0.1, -0.05) is 0 Å². The Labute approximate surface area is 91.1 Å². The van der Waals surface area contributed by atoms with Crippen molar-refractivity contribution < 1.29 is 21.2 Å². The van der Waals surface area contributed by atoms with Gasteiger partial charge in [0.2, 0.25) is 20.0 Å². The molecule has 0 heterocycles. The van der Waals surface area contributed by atoms with Gasteiger partial charge in [-0.2, -0.15) is 0 Å². The molecule has 1 aromatic carbocycles. The van der Waals surface area contributed by atoms with E-state index in [9.17, 15) is 21.2 Å². The molecule has 90 valence electrons. The molecule has 7 nitrogen and oxygen atoms in total. The first-order valence-corrected chi connectivity index (χ1v) is 6.77. The van der Waals surface area contributed by atoms with Gasteiger partial charge in [0.25, 0.3) is 0 Å². The van der Waals surface area contributed by atoms with E-state index < -0.39 is 41.3 Å². The van der Waals surface area contributed by atoms with Crippen molar-refractivity contribution >= 4 is 25.7 Å². The predicted molar refractivity (Wildman–Crippen MR) is 53.6 cm³/mol. The van der Waals surface area contributed by atoms with E-state index in [2.05, 4.69) is 5.14 Å². The van der Waals surface area contributed by atoms with E-state index in [1.807, 2.05) is 0 Å². The monoisotopic (exact) mass is 269 g/mol. The molecule has 0 fully saturated rings. The molecule has 0 spiro atoms. The molecule has 0 radical (unpaired) electrons. The average Bonchev–Trinajstić information content (AvgIpc) is 1.97. The van der Waals surface area contributed by atoms with Crippen LogP contribution < -0.4 is 16.0 Å². The van der Waals surface area contributed by atoms with E-state index in [-0.39, 0.29) is 0 Å². The summed E-state index contributed by atoms with van der Waals surface area (Å²) in [6, 6.07) is 1.01. The highest BCUT2D eigenvalue weighted by Gasteiger charge is 2.21. The molecular weight excluding hydrogens is 261 g/mol. The van der Waals surface area contributed by atoms with E-state index in [0.29, 0.717) is 12.1 Å². The van der Waals surface area contributed by atoms with Gasteiger partial charge in [-0.3, -0.25) is 0 Å². The van der Waals surface area contributed by atoms with Gasteiger partial charge in [0.05, 0.1) is 5.69 Å². The molecular formula is C6H8FN3O4S2. The van der Waals surface area contributed by atoms with Gasteiger partial charge in [-0.05, 0) is 12.1 Å². The standard InChI is InChI=1S/C6H8FN3O4S2/c7-3-1-4(8)6(16(10,13)14)2-5(3)15(9,11)12/h1-2H,8H2,(H2,9,11,12)(H2,10,13,14). The van der Waals surface area contributed by atoms with Crippen molar-refractivity contribution in [3.8, 4) is 0 Å². The second kappa shape index (κ2) is 3.66. The van der Waals surface area contributed by atoms with Crippen molar-refractivity contribution in [2.75, 3.05) is 5.73 Å². The highest BCUT2D eigenvalue weighted by molar-refractivity contribution is 7.90. The molecule has 0 bridgehead atoms. The van der Waals surface area contributed by atoms with E-state index in [1.165, 1.54) is 0 Å². The SMILES string of the molecule is Nc1cc(F)c(S(N)(=O)=O)cc1S(N)(=O)=O. The molecule has 0 saturated carbocycles. The molecule has 0 amide bonds. The number of nitrogen functional groups attached to an aromatic ring is 1. The molecule has 0 aromatic heterocycles. The lowest BCUT2D eigenvalue weighted by atomic mass is 10.3. The zero-order chi connectivity index (χ0) is 12.7. The third kappa shape index (κ3) is 2.47. The number of rotatable bonds is 2. The molecule has 1 aromatic rings. The number of benzene rings is 1. The smallest absolute Gasteiger partial charge is 0.241 e. The largest absolute Gasteiger partial charge is 0.398 e. The van der Waals surface area contributed by atoms with Crippen molar-refractivity contribution in [3.05, 3.63) is 17.9 Å². The third-order valence-corrected chi connectivity index (χ3v) is 3.57. The van der Waals surface area contributed by atoms with Crippen LogP contribution >= 0.6 is 0 Å². The molecule has 0 atom stereocenters. The fourth-order valence-electron chi connectivity index (χ4n) is 1.01. The Balaban J connectivity index is 3.72. The van der Waals surface area contributed by atoms with Crippen molar-refractivity contribution in [2.45, 2.75) is 9.79 Å². The van der Waals surface area contributed by atoms with Gasteiger partial charge in [-0.25, -0.2) is 31.5 Å². The molecule has 10 heteroatoms. The highest BCUT2D eigenvalue weighted by atomic mass is 32.2. The minimum Gasteiger partial charge on any atom is -0.398 e. The Morgan fingerprint density at radius 3 is 1.75 bits per heavy atom. The highest BCUT2D eigenvalue weighted by Crippen LogP contribution is 2.23. The molecule has 6 N–H and O–H groups in total. The van der Waals surface area contributed by atoms with Crippen LogP contribution in [0.15, 0.2) is 21.9 Å². The number of halogens is 1. The van der Waals surface area contributed by atoms with Gasteiger partial charge in [0.15, 0.2) is 0 Å². The van der Waals surface area contributed by atoms with Crippen LogP contribution in [0.1, 0.15) is 0 Å². The number of anilines is 1. The number of primary sulfonamides is 2. The van der Waals surface area contributed by atoms with Gasteiger partial charge < -0.3 is 5.73 Å².